The van der Waals surface area contributed by atoms with Crippen molar-refractivity contribution in [2.24, 2.45) is 0 Å². The van der Waals surface area contributed by atoms with Gasteiger partial charge in [0.2, 0.25) is 0 Å². The molecule has 6 rings (SSSR count). The standard InChI is InChI=1S/C23H16N6OS3/c1-13(19-27-21(30)18-16(11-32-23(18)28-19)17-8-5-9-31-17)33-22-15-10-26-29(20(15)24-12-25-22)14-6-3-2-4-7-14/h2-13H,1H3,(H,27,28,30). The molecule has 0 saturated carbocycles. The van der Waals surface area contributed by atoms with Gasteiger partial charge in [-0.05, 0) is 30.5 Å². The Morgan fingerprint density at radius 2 is 1.97 bits per heavy atom. The van der Waals surface area contributed by atoms with E-state index in [0.717, 1.165) is 37.0 Å². The van der Waals surface area contributed by atoms with E-state index in [1.807, 2.05) is 60.1 Å². The minimum absolute atomic E-state index is 0.114. The van der Waals surface area contributed by atoms with Crippen molar-refractivity contribution in [3.05, 3.63) is 81.9 Å². The van der Waals surface area contributed by atoms with E-state index >= 15 is 0 Å². The van der Waals surface area contributed by atoms with Gasteiger partial charge in [-0.3, -0.25) is 4.79 Å². The number of para-hydroxylation sites is 1. The number of H-pyrrole nitrogens is 1. The third kappa shape index (κ3) is 3.56. The lowest BCUT2D eigenvalue weighted by molar-refractivity contribution is 0.893. The summed E-state index contributed by atoms with van der Waals surface area (Å²) in [6.07, 6.45) is 3.33. The van der Waals surface area contributed by atoms with Gasteiger partial charge >= 0.3 is 0 Å². The second kappa shape index (κ2) is 8.22. The van der Waals surface area contributed by atoms with Crippen molar-refractivity contribution >= 4 is 55.7 Å². The van der Waals surface area contributed by atoms with Crippen LogP contribution < -0.4 is 5.56 Å². The van der Waals surface area contributed by atoms with Crippen LogP contribution in [-0.4, -0.2) is 29.7 Å². The smallest absolute Gasteiger partial charge is 0.260 e. The van der Waals surface area contributed by atoms with Crippen LogP contribution in [0.25, 0.3) is 37.4 Å². The van der Waals surface area contributed by atoms with Crippen LogP contribution in [-0.2, 0) is 0 Å². The number of aromatic amines is 1. The number of hydrogen-bond donors (Lipinski definition) is 1. The molecule has 6 aromatic rings. The molecule has 7 nitrogen and oxygen atoms in total. The number of rotatable bonds is 5. The lowest BCUT2D eigenvalue weighted by Crippen LogP contribution is -2.12. The number of nitrogens with zero attached hydrogens (tertiary/aromatic N) is 5. The van der Waals surface area contributed by atoms with Crippen molar-refractivity contribution in [2.75, 3.05) is 0 Å². The maximum Gasteiger partial charge on any atom is 0.260 e. The maximum absolute atomic E-state index is 13.0. The highest BCUT2D eigenvalue weighted by molar-refractivity contribution is 7.99. The van der Waals surface area contributed by atoms with Gasteiger partial charge in [0.05, 0.1) is 27.9 Å². The number of aromatic nitrogens is 6. The number of hydrogen-bond acceptors (Lipinski definition) is 8. The maximum atomic E-state index is 13.0. The van der Waals surface area contributed by atoms with Gasteiger partial charge in [0, 0.05) is 15.8 Å². The Kier molecular flexibility index (Phi) is 5.05. The Morgan fingerprint density at radius 1 is 1.09 bits per heavy atom. The fourth-order valence-electron chi connectivity index (χ4n) is 3.67. The van der Waals surface area contributed by atoms with Crippen molar-refractivity contribution in [3.8, 4) is 16.1 Å². The van der Waals surface area contributed by atoms with E-state index in [0.29, 0.717) is 11.2 Å². The summed E-state index contributed by atoms with van der Waals surface area (Å²) in [6.45, 7) is 2.01. The summed E-state index contributed by atoms with van der Waals surface area (Å²) in [5.74, 6) is 0.624. The molecule has 0 bridgehead atoms. The van der Waals surface area contributed by atoms with Crippen molar-refractivity contribution in [1.29, 1.82) is 0 Å². The second-order valence-electron chi connectivity index (χ2n) is 7.33. The molecule has 0 aliphatic carbocycles. The van der Waals surface area contributed by atoms with E-state index in [2.05, 4.69) is 20.1 Å². The van der Waals surface area contributed by atoms with E-state index in [1.165, 1.54) is 23.1 Å². The Labute approximate surface area is 200 Å². The molecular weight excluding hydrogens is 472 g/mol. The molecule has 0 amide bonds. The first-order valence-corrected chi connectivity index (χ1v) is 12.8. The Hall–Kier alpha value is -3.34. The molecule has 0 saturated heterocycles. The van der Waals surface area contributed by atoms with Gasteiger partial charge < -0.3 is 4.98 Å². The van der Waals surface area contributed by atoms with Crippen LogP contribution in [0.15, 0.2) is 75.6 Å². The number of thioether (sulfide) groups is 1. The summed E-state index contributed by atoms with van der Waals surface area (Å²) >= 11 is 4.64. The molecule has 1 aromatic carbocycles. The predicted molar refractivity (Wildman–Crippen MR) is 134 cm³/mol. The molecule has 1 N–H and O–H groups in total. The third-order valence-electron chi connectivity index (χ3n) is 5.25. The molecule has 1 unspecified atom stereocenters. The number of benzene rings is 1. The first-order valence-electron chi connectivity index (χ1n) is 10.1. The number of thiophene rings is 2. The van der Waals surface area contributed by atoms with Crippen molar-refractivity contribution in [2.45, 2.75) is 17.2 Å². The van der Waals surface area contributed by atoms with E-state index < -0.39 is 0 Å². The average molecular weight is 489 g/mol. The highest BCUT2D eigenvalue weighted by Gasteiger charge is 2.19. The Morgan fingerprint density at radius 3 is 2.79 bits per heavy atom. The predicted octanol–water partition coefficient (Wildman–Crippen LogP) is 5.70. The van der Waals surface area contributed by atoms with Crippen LogP contribution in [0.2, 0.25) is 0 Å². The largest absolute Gasteiger partial charge is 0.309 e. The van der Waals surface area contributed by atoms with Gasteiger partial charge in [-0.2, -0.15) is 5.10 Å². The summed E-state index contributed by atoms with van der Waals surface area (Å²) in [7, 11) is 0. The zero-order valence-corrected chi connectivity index (χ0v) is 19.7. The van der Waals surface area contributed by atoms with Crippen molar-refractivity contribution < 1.29 is 0 Å². The summed E-state index contributed by atoms with van der Waals surface area (Å²) in [6, 6.07) is 13.9. The molecule has 162 valence electrons. The van der Waals surface area contributed by atoms with E-state index in [-0.39, 0.29) is 10.8 Å². The van der Waals surface area contributed by atoms with E-state index in [1.54, 1.807) is 28.5 Å². The van der Waals surface area contributed by atoms with Crippen molar-refractivity contribution in [3.63, 3.8) is 0 Å². The molecule has 0 fully saturated rings. The number of nitrogens with one attached hydrogen (secondary N) is 1. The lowest BCUT2D eigenvalue weighted by atomic mass is 10.2. The van der Waals surface area contributed by atoms with Gasteiger partial charge in [-0.15, -0.1) is 22.7 Å². The molecule has 0 aliphatic rings. The number of fused-ring (bicyclic) bond motifs is 2. The van der Waals surface area contributed by atoms with Crippen LogP contribution >= 0.6 is 34.4 Å². The first-order chi connectivity index (χ1) is 16.2. The average Bonchev–Trinajstić information content (AvgIpc) is 3.59. The van der Waals surface area contributed by atoms with Gasteiger partial charge in [-0.1, -0.05) is 36.0 Å². The lowest BCUT2D eigenvalue weighted by Gasteiger charge is -2.10. The second-order valence-corrected chi connectivity index (χ2v) is 10.5. The minimum atomic E-state index is -0.118. The fraction of sp³-hybridized carbons (Fsp3) is 0.0870. The summed E-state index contributed by atoms with van der Waals surface area (Å²) in [5.41, 5.74) is 2.50. The molecule has 1 atom stereocenters. The van der Waals surface area contributed by atoms with E-state index in [4.69, 9.17) is 4.98 Å². The molecule has 0 spiro atoms. The van der Waals surface area contributed by atoms with E-state index in [9.17, 15) is 4.79 Å². The normalized spacial score (nSPS) is 12.5. The molecule has 10 heteroatoms. The SMILES string of the molecule is CC(Sc1ncnc2c1cnn2-c1ccccc1)c1nc2scc(-c3cccs3)c2c(=O)[nH]1. The Bertz CT molecular complexity index is 1640. The first kappa shape index (κ1) is 20.3. The fourth-order valence-corrected chi connectivity index (χ4v) is 6.38. The molecule has 5 heterocycles. The van der Waals surface area contributed by atoms with Crippen LogP contribution in [0.5, 0.6) is 0 Å². The van der Waals surface area contributed by atoms with Crippen molar-refractivity contribution in [1.82, 2.24) is 29.7 Å². The molecule has 5 aromatic heterocycles. The van der Waals surface area contributed by atoms with Gasteiger partial charge in [0.1, 0.15) is 22.0 Å². The zero-order valence-electron chi connectivity index (χ0n) is 17.3. The highest BCUT2D eigenvalue weighted by Crippen LogP contribution is 2.37. The summed E-state index contributed by atoms with van der Waals surface area (Å²) in [5, 5.41) is 10.7. The molecule has 0 radical (unpaired) electrons. The molecular formula is C23H16N6OS3. The van der Waals surface area contributed by atoms with Crippen LogP contribution in [0.3, 0.4) is 0 Å². The van der Waals surface area contributed by atoms with Gasteiger partial charge in [-0.25, -0.2) is 19.6 Å². The summed E-state index contributed by atoms with van der Waals surface area (Å²) in [4.78, 5) is 31.5. The molecule has 33 heavy (non-hydrogen) atoms. The Balaban J connectivity index is 1.35. The zero-order chi connectivity index (χ0) is 22.4. The third-order valence-corrected chi connectivity index (χ3v) is 8.15. The van der Waals surface area contributed by atoms with Crippen LogP contribution in [0.4, 0.5) is 0 Å². The van der Waals surface area contributed by atoms with Gasteiger partial charge in [0.25, 0.3) is 5.56 Å². The summed E-state index contributed by atoms with van der Waals surface area (Å²) < 4.78 is 1.80. The van der Waals surface area contributed by atoms with Crippen LogP contribution in [0.1, 0.15) is 18.0 Å². The monoisotopic (exact) mass is 488 g/mol. The quantitative estimate of drug-likeness (QED) is 0.247. The highest BCUT2D eigenvalue weighted by atomic mass is 32.2. The van der Waals surface area contributed by atoms with Crippen LogP contribution in [0, 0.1) is 0 Å². The molecule has 0 aliphatic heterocycles. The topological polar surface area (TPSA) is 89.3 Å². The van der Waals surface area contributed by atoms with Gasteiger partial charge in [0.15, 0.2) is 5.65 Å². The minimum Gasteiger partial charge on any atom is -0.309 e.